The molecule has 2 aromatic carbocycles. The molecule has 1 atom stereocenters. The Morgan fingerprint density at radius 2 is 1.58 bits per heavy atom. The van der Waals surface area contributed by atoms with Crippen molar-refractivity contribution in [3.63, 3.8) is 0 Å². The monoisotopic (exact) mass is 519 g/mol. The maximum Gasteiger partial charge on any atom is 0.242 e. The van der Waals surface area contributed by atoms with Crippen molar-refractivity contribution in [2.75, 3.05) is 31.3 Å². The Labute approximate surface area is 214 Å². The van der Waals surface area contributed by atoms with Crippen LogP contribution in [0.25, 0.3) is 0 Å². The summed E-state index contributed by atoms with van der Waals surface area (Å²) >= 11 is 0. The number of ether oxygens (including phenoxy) is 2. The number of methoxy groups -OCH3 is 2. The summed E-state index contributed by atoms with van der Waals surface area (Å²) < 4.78 is 36.7. The van der Waals surface area contributed by atoms with Gasteiger partial charge in [-0.05, 0) is 57.0 Å². The molecule has 0 bridgehead atoms. The van der Waals surface area contributed by atoms with Crippen molar-refractivity contribution >= 4 is 27.5 Å². The number of amides is 2. The number of rotatable bonds is 13. The van der Waals surface area contributed by atoms with Crippen LogP contribution in [0.2, 0.25) is 0 Å². The summed E-state index contributed by atoms with van der Waals surface area (Å²) in [5, 5.41) is 2.86. The van der Waals surface area contributed by atoms with Crippen LogP contribution in [0.15, 0.2) is 48.5 Å². The SMILES string of the molecule is COc1cccc(CN(C(=O)CCCN(c2cccc(OC)c2)S(C)(=O)=O)[C@@H](C)C(=O)NC(C)C)c1. The van der Waals surface area contributed by atoms with Gasteiger partial charge in [-0.3, -0.25) is 13.9 Å². The second-order valence-corrected chi connectivity index (χ2v) is 10.8. The number of benzene rings is 2. The van der Waals surface area contributed by atoms with Crippen LogP contribution in [0.1, 0.15) is 39.2 Å². The molecule has 9 nitrogen and oxygen atoms in total. The largest absolute Gasteiger partial charge is 0.497 e. The van der Waals surface area contributed by atoms with E-state index in [0.717, 1.165) is 11.8 Å². The Morgan fingerprint density at radius 3 is 2.17 bits per heavy atom. The second-order valence-electron chi connectivity index (χ2n) is 8.85. The van der Waals surface area contributed by atoms with E-state index in [4.69, 9.17) is 9.47 Å². The van der Waals surface area contributed by atoms with Gasteiger partial charge in [0, 0.05) is 31.6 Å². The average molecular weight is 520 g/mol. The number of carbonyl (C=O) groups is 2. The van der Waals surface area contributed by atoms with Gasteiger partial charge < -0.3 is 19.7 Å². The Balaban J connectivity index is 2.20. The summed E-state index contributed by atoms with van der Waals surface area (Å²) in [6.07, 6.45) is 1.47. The molecule has 2 aromatic rings. The quantitative estimate of drug-likeness (QED) is 0.436. The molecule has 0 heterocycles. The number of hydrogen-bond donors (Lipinski definition) is 1. The molecule has 0 aromatic heterocycles. The first-order valence-electron chi connectivity index (χ1n) is 11.8. The number of nitrogens with zero attached hydrogens (tertiary/aromatic N) is 2. The Morgan fingerprint density at radius 1 is 0.972 bits per heavy atom. The molecule has 0 unspecified atom stereocenters. The Hall–Kier alpha value is -3.27. The van der Waals surface area contributed by atoms with E-state index in [1.54, 1.807) is 38.3 Å². The van der Waals surface area contributed by atoms with E-state index in [9.17, 15) is 18.0 Å². The highest BCUT2D eigenvalue weighted by molar-refractivity contribution is 7.92. The standard InChI is InChI=1S/C26H37N3O6S/c1-19(2)27-26(31)20(3)28(18-21-10-7-12-23(16-21)34-4)25(30)14-9-15-29(36(6,32)33)22-11-8-13-24(17-22)35-5/h7-8,10-13,16-17,19-20H,9,14-15,18H2,1-6H3,(H,27,31)/t20-/m0/s1. The molecule has 0 aliphatic rings. The van der Waals surface area contributed by atoms with Crippen LogP contribution >= 0.6 is 0 Å². The highest BCUT2D eigenvalue weighted by Crippen LogP contribution is 2.24. The molecule has 0 fully saturated rings. The molecule has 0 saturated carbocycles. The minimum atomic E-state index is -3.59. The van der Waals surface area contributed by atoms with E-state index >= 15 is 0 Å². The first-order valence-corrected chi connectivity index (χ1v) is 13.7. The van der Waals surface area contributed by atoms with Gasteiger partial charge in [0.05, 0.1) is 26.2 Å². The van der Waals surface area contributed by atoms with Crippen LogP contribution in [0.3, 0.4) is 0 Å². The number of nitrogens with one attached hydrogen (secondary N) is 1. The number of hydrogen-bond acceptors (Lipinski definition) is 6. The van der Waals surface area contributed by atoms with E-state index in [1.807, 2.05) is 38.1 Å². The number of anilines is 1. The van der Waals surface area contributed by atoms with Crippen LogP contribution in [0.5, 0.6) is 11.5 Å². The summed E-state index contributed by atoms with van der Waals surface area (Å²) in [6, 6.07) is 13.3. The Bertz CT molecular complexity index is 1140. The lowest BCUT2D eigenvalue weighted by atomic mass is 10.1. The summed E-state index contributed by atoms with van der Waals surface area (Å²) in [5.41, 5.74) is 1.28. The highest BCUT2D eigenvalue weighted by atomic mass is 32.2. The molecule has 10 heteroatoms. The lowest BCUT2D eigenvalue weighted by Gasteiger charge is -2.30. The zero-order chi connectivity index (χ0) is 26.9. The third-order valence-electron chi connectivity index (χ3n) is 5.58. The summed E-state index contributed by atoms with van der Waals surface area (Å²) in [4.78, 5) is 27.6. The zero-order valence-corrected chi connectivity index (χ0v) is 22.7. The average Bonchev–Trinajstić information content (AvgIpc) is 2.83. The van der Waals surface area contributed by atoms with Gasteiger partial charge in [-0.15, -0.1) is 0 Å². The molecule has 1 N–H and O–H groups in total. The van der Waals surface area contributed by atoms with Crippen LogP contribution in [-0.2, 0) is 26.2 Å². The van der Waals surface area contributed by atoms with Crippen LogP contribution in [0.4, 0.5) is 5.69 Å². The predicted molar refractivity (Wildman–Crippen MR) is 141 cm³/mol. The maximum absolute atomic E-state index is 13.3. The molecular formula is C26H37N3O6S. The smallest absolute Gasteiger partial charge is 0.242 e. The van der Waals surface area contributed by atoms with Gasteiger partial charge in [-0.25, -0.2) is 8.42 Å². The lowest BCUT2D eigenvalue weighted by molar-refractivity contribution is -0.140. The molecule has 198 valence electrons. The van der Waals surface area contributed by atoms with Gasteiger partial charge in [0.2, 0.25) is 21.8 Å². The first kappa shape index (κ1) is 29.0. The van der Waals surface area contributed by atoms with Crippen molar-refractivity contribution in [1.29, 1.82) is 0 Å². The molecule has 2 rings (SSSR count). The summed E-state index contributed by atoms with van der Waals surface area (Å²) in [7, 11) is -0.510. The normalized spacial score (nSPS) is 12.1. The van der Waals surface area contributed by atoms with Crippen LogP contribution in [-0.4, -0.2) is 64.2 Å². The third-order valence-corrected chi connectivity index (χ3v) is 6.77. The molecule has 0 spiro atoms. The van der Waals surface area contributed by atoms with Crippen LogP contribution in [0, 0.1) is 0 Å². The fourth-order valence-electron chi connectivity index (χ4n) is 3.72. The van der Waals surface area contributed by atoms with Gasteiger partial charge in [0.1, 0.15) is 17.5 Å². The molecule has 0 radical (unpaired) electrons. The second kappa shape index (κ2) is 13.2. The van der Waals surface area contributed by atoms with E-state index in [-0.39, 0.29) is 43.8 Å². The number of carbonyl (C=O) groups excluding carboxylic acids is 2. The van der Waals surface area contributed by atoms with E-state index in [2.05, 4.69) is 5.32 Å². The Kier molecular flexibility index (Phi) is 10.6. The third kappa shape index (κ3) is 8.44. The van der Waals surface area contributed by atoms with Gasteiger partial charge in [0.15, 0.2) is 0 Å². The van der Waals surface area contributed by atoms with Crippen molar-refractivity contribution < 1.29 is 27.5 Å². The molecule has 0 aliphatic carbocycles. The molecular weight excluding hydrogens is 482 g/mol. The lowest BCUT2D eigenvalue weighted by Crippen LogP contribution is -2.49. The van der Waals surface area contributed by atoms with Crippen molar-refractivity contribution in [3.8, 4) is 11.5 Å². The fourth-order valence-corrected chi connectivity index (χ4v) is 4.68. The predicted octanol–water partition coefficient (Wildman–Crippen LogP) is 3.19. The maximum atomic E-state index is 13.3. The molecule has 0 aliphatic heterocycles. The molecule has 0 saturated heterocycles. The summed E-state index contributed by atoms with van der Waals surface area (Å²) in [5.74, 6) is 0.687. The fraction of sp³-hybridized carbons (Fsp3) is 0.462. The van der Waals surface area contributed by atoms with E-state index < -0.39 is 16.1 Å². The summed E-state index contributed by atoms with van der Waals surface area (Å²) in [6.45, 7) is 5.73. The van der Waals surface area contributed by atoms with Crippen molar-refractivity contribution in [2.24, 2.45) is 0 Å². The topological polar surface area (TPSA) is 105 Å². The van der Waals surface area contributed by atoms with Gasteiger partial charge in [0.25, 0.3) is 0 Å². The van der Waals surface area contributed by atoms with E-state index in [1.165, 1.54) is 16.3 Å². The van der Waals surface area contributed by atoms with Gasteiger partial charge in [-0.1, -0.05) is 18.2 Å². The zero-order valence-electron chi connectivity index (χ0n) is 21.9. The first-order chi connectivity index (χ1) is 17.0. The molecule has 2 amide bonds. The van der Waals surface area contributed by atoms with Crippen molar-refractivity contribution in [1.82, 2.24) is 10.2 Å². The minimum absolute atomic E-state index is 0.0687. The highest BCUT2D eigenvalue weighted by Gasteiger charge is 2.27. The number of sulfonamides is 1. The molecule has 36 heavy (non-hydrogen) atoms. The minimum Gasteiger partial charge on any atom is -0.497 e. The van der Waals surface area contributed by atoms with Gasteiger partial charge >= 0.3 is 0 Å². The van der Waals surface area contributed by atoms with Crippen molar-refractivity contribution in [3.05, 3.63) is 54.1 Å². The van der Waals surface area contributed by atoms with E-state index in [0.29, 0.717) is 17.2 Å². The van der Waals surface area contributed by atoms with Crippen molar-refractivity contribution in [2.45, 2.75) is 52.2 Å². The van der Waals surface area contributed by atoms with Crippen LogP contribution < -0.4 is 19.1 Å². The van der Waals surface area contributed by atoms with Gasteiger partial charge in [-0.2, -0.15) is 0 Å².